The Hall–Kier alpha value is -3.45. The molecule has 31 heavy (non-hydrogen) atoms. The van der Waals surface area contributed by atoms with E-state index in [2.05, 4.69) is 4.98 Å². The standard InChI is InChI=1S/C23H16ClF3N2O2/c1-31-19-10-13(4-8-17(19)24)20-16-11-14(23(25,26)27)5-9-18(16)29-22(30)21(20)12-2-6-15(28)7-3-12/h2-11H,28H2,1H3,(H,29,30). The number of hydrogen-bond donors (Lipinski definition) is 2. The van der Waals surface area contributed by atoms with Gasteiger partial charge in [0.15, 0.2) is 0 Å². The van der Waals surface area contributed by atoms with Crippen molar-refractivity contribution in [3.8, 4) is 28.0 Å². The quantitative estimate of drug-likeness (QED) is 0.374. The maximum atomic E-state index is 13.4. The average Bonchev–Trinajstić information content (AvgIpc) is 2.73. The molecule has 0 unspecified atom stereocenters. The normalized spacial score (nSPS) is 11.6. The first kappa shape index (κ1) is 20.8. The highest BCUT2D eigenvalue weighted by atomic mass is 35.5. The van der Waals surface area contributed by atoms with Gasteiger partial charge in [0.1, 0.15) is 5.75 Å². The van der Waals surface area contributed by atoms with Gasteiger partial charge in [0, 0.05) is 22.2 Å². The van der Waals surface area contributed by atoms with E-state index in [-0.39, 0.29) is 16.5 Å². The molecule has 158 valence electrons. The first-order chi connectivity index (χ1) is 14.7. The Labute approximate surface area is 180 Å². The largest absolute Gasteiger partial charge is 0.495 e. The van der Waals surface area contributed by atoms with Crippen LogP contribution in [-0.2, 0) is 6.18 Å². The summed E-state index contributed by atoms with van der Waals surface area (Å²) in [5.74, 6) is 0.336. The average molecular weight is 445 g/mol. The van der Waals surface area contributed by atoms with Crippen LogP contribution in [0, 0.1) is 0 Å². The molecule has 0 saturated heterocycles. The fraction of sp³-hybridized carbons (Fsp3) is 0.0870. The molecule has 0 atom stereocenters. The van der Waals surface area contributed by atoms with Crippen LogP contribution in [0.1, 0.15) is 5.56 Å². The predicted octanol–water partition coefficient (Wildman–Crippen LogP) is 6.13. The summed E-state index contributed by atoms with van der Waals surface area (Å²) in [6.45, 7) is 0. The van der Waals surface area contributed by atoms with Gasteiger partial charge in [-0.25, -0.2) is 0 Å². The summed E-state index contributed by atoms with van der Waals surface area (Å²) in [5.41, 5.74) is 6.83. The molecule has 4 nitrogen and oxygen atoms in total. The number of anilines is 1. The summed E-state index contributed by atoms with van der Waals surface area (Å²) >= 11 is 6.14. The number of nitrogen functional groups attached to an aromatic ring is 1. The van der Waals surface area contributed by atoms with E-state index in [4.69, 9.17) is 22.1 Å². The molecular weight excluding hydrogens is 429 g/mol. The molecular formula is C23H16ClF3N2O2. The van der Waals surface area contributed by atoms with Crippen LogP contribution >= 0.6 is 11.6 Å². The lowest BCUT2D eigenvalue weighted by Crippen LogP contribution is -2.12. The Balaban J connectivity index is 2.15. The van der Waals surface area contributed by atoms with Gasteiger partial charge in [-0.3, -0.25) is 4.79 Å². The maximum Gasteiger partial charge on any atom is 0.416 e. The van der Waals surface area contributed by atoms with Crippen molar-refractivity contribution in [3.05, 3.63) is 81.6 Å². The van der Waals surface area contributed by atoms with Gasteiger partial charge in [0.2, 0.25) is 0 Å². The highest BCUT2D eigenvalue weighted by molar-refractivity contribution is 6.32. The summed E-state index contributed by atoms with van der Waals surface area (Å²) in [5, 5.41) is 0.580. The molecule has 3 N–H and O–H groups in total. The number of methoxy groups -OCH3 is 1. The fourth-order valence-electron chi connectivity index (χ4n) is 3.51. The van der Waals surface area contributed by atoms with Crippen LogP contribution in [0.15, 0.2) is 65.5 Å². The number of aromatic amines is 1. The second-order valence-corrected chi connectivity index (χ2v) is 7.34. The van der Waals surface area contributed by atoms with E-state index in [1.165, 1.54) is 13.2 Å². The van der Waals surface area contributed by atoms with Crippen molar-refractivity contribution < 1.29 is 17.9 Å². The molecule has 0 fully saturated rings. The Morgan fingerprint density at radius 2 is 1.61 bits per heavy atom. The molecule has 1 heterocycles. The van der Waals surface area contributed by atoms with Crippen molar-refractivity contribution in [1.82, 2.24) is 4.98 Å². The number of ether oxygens (including phenoxy) is 1. The minimum Gasteiger partial charge on any atom is -0.495 e. The van der Waals surface area contributed by atoms with E-state index >= 15 is 0 Å². The van der Waals surface area contributed by atoms with Crippen LogP contribution in [0.4, 0.5) is 18.9 Å². The Morgan fingerprint density at radius 1 is 0.935 bits per heavy atom. The molecule has 0 aliphatic heterocycles. The van der Waals surface area contributed by atoms with Gasteiger partial charge in [0.05, 0.1) is 23.3 Å². The van der Waals surface area contributed by atoms with Crippen molar-refractivity contribution in [3.63, 3.8) is 0 Å². The van der Waals surface area contributed by atoms with Crippen molar-refractivity contribution in [2.24, 2.45) is 0 Å². The predicted molar refractivity (Wildman–Crippen MR) is 116 cm³/mol. The Bertz CT molecular complexity index is 1350. The number of alkyl halides is 3. The van der Waals surface area contributed by atoms with Crippen LogP contribution in [0.5, 0.6) is 5.75 Å². The molecule has 0 spiro atoms. The zero-order chi connectivity index (χ0) is 22.3. The number of aromatic nitrogens is 1. The van der Waals surface area contributed by atoms with Crippen LogP contribution in [0.2, 0.25) is 5.02 Å². The summed E-state index contributed by atoms with van der Waals surface area (Å²) in [7, 11) is 1.43. The lowest BCUT2D eigenvalue weighted by molar-refractivity contribution is -0.137. The van der Waals surface area contributed by atoms with Gasteiger partial charge in [-0.1, -0.05) is 29.8 Å². The van der Waals surface area contributed by atoms with Gasteiger partial charge in [-0.2, -0.15) is 13.2 Å². The fourth-order valence-corrected chi connectivity index (χ4v) is 3.70. The monoisotopic (exact) mass is 444 g/mol. The first-order valence-electron chi connectivity index (χ1n) is 9.16. The van der Waals surface area contributed by atoms with E-state index in [9.17, 15) is 18.0 Å². The van der Waals surface area contributed by atoms with Gasteiger partial charge in [-0.15, -0.1) is 0 Å². The molecule has 1 aromatic heterocycles. The minimum atomic E-state index is -4.54. The van der Waals surface area contributed by atoms with E-state index in [0.717, 1.165) is 12.1 Å². The smallest absolute Gasteiger partial charge is 0.416 e. The van der Waals surface area contributed by atoms with Gasteiger partial charge < -0.3 is 15.5 Å². The molecule has 0 saturated carbocycles. The minimum absolute atomic E-state index is 0.219. The number of pyridine rings is 1. The highest BCUT2D eigenvalue weighted by Crippen LogP contribution is 2.40. The number of benzene rings is 3. The second kappa shape index (κ2) is 7.67. The third-order valence-electron chi connectivity index (χ3n) is 4.98. The molecule has 0 aliphatic carbocycles. The molecule has 4 aromatic rings. The van der Waals surface area contributed by atoms with Gasteiger partial charge in [0.25, 0.3) is 5.56 Å². The molecule has 0 aliphatic rings. The van der Waals surface area contributed by atoms with Crippen molar-refractivity contribution in [1.29, 1.82) is 0 Å². The van der Waals surface area contributed by atoms with E-state index in [0.29, 0.717) is 33.1 Å². The number of halogens is 4. The van der Waals surface area contributed by atoms with Crippen molar-refractivity contribution >= 4 is 28.2 Å². The summed E-state index contributed by atoms with van der Waals surface area (Å²) in [6, 6.07) is 14.6. The number of nitrogens with one attached hydrogen (secondary N) is 1. The molecule has 8 heteroatoms. The molecule has 0 radical (unpaired) electrons. The molecule has 0 bridgehead atoms. The van der Waals surface area contributed by atoms with E-state index < -0.39 is 17.3 Å². The maximum absolute atomic E-state index is 13.4. The molecule has 0 amide bonds. The summed E-state index contributed by atoms with van der Waals surface area (Å²) in [6.07, 6.45) is -4.54. The second-order valence-electron chi connectivity index (χ2n) is 6.93. The Morgan fingerprint density at radius 3 is 2.26 bits per heavy atom. The highest BCUT2D eigenvalue weighted by Gasteiger charge is 2.31. The van der Waals surface area contributed by atoms with E-state index in [1.807, 2.05) is 0 Å². The zero-order valence-electron chi connectivity index (χ0n) is 16.2. The van der Waals surface area contributed by atoms with Crippen LogP contribution < -0.4 is 16.0 Å². The van der Waals surface area contributed by atoms with Crippen molar-refractivity contribution in [2.75, 3.05) is 12.8 Å². The molecule has 3 aromatic carbocycles. The SMILES string of the molecule is COc1cc(-c2c(-c3ccc(N)cc3)c(=O)[nH]c3ccc(C(F)(F)F)cc23)ccc1Cl. The van der Waals surface area contributed by atoms with Crippen LogP contribution in [0.25, 0.3) is 33.2 Å². The number of H-pyrrole nitrogens is 1. The van der Waals surface area contributed by atoms with Gasteiger partial charge in [-0.05, 0) is 53.6 Å². The topological polar surface area (TPSA) is 68.1 Å². The third-order valence-corrected chi connectivity index (χ3v) is 5.29. The zero-order valence-corrected chi connectivity index (χ0v) is 16.9. The first-order valence-corrected chi connectivity index (χ1v) is 9.54. The summed E-state index contributed by atoms with van der Waals surface area (Å²) in [4.78, 5) is 15.7. The van der Waals surface area contributed by atoms with Crippen molar-refractivity contribution in [2.45, 2.75) is 6.18 Å². The number of nitrogens with two attached hydrogens (primary N) is 1. The lowest BCUT2D eigenvalue weighted by Gasteiger charge is -2.16. The van der Waals surface area contributed by atoms with Crippen LogP contribution in [-0.4, -0.2) is 12.1 Å². The summed E-state index contributed by atoms with van der Waals surface area (Å²) < 4.78 is 45.6. The van der Waals surface area contributed by atoms with Gasteiger partial charge >= 0.3 is 6.18 Å². The Kier molecular flexibility index (Phi) is 5.15. The number of hydrogen-bond acceptors (Lipinski definition) is 3. The number of rotatable bonds is 3. The molecule has 4 rings (SSSR count). The van der Waals surface area contributed by atoms with E-state index in [1.54, 1.807) is 42.5 Å². The van der Waals surface area contributed by atoms with Crippen LogP contribution in [0.3, 0.4) is 0 Å². The number of fused-ring (bicyclic) bond motifs is 1. The lowest BCUT2D eigenvalue weighted by atomic mass is 9.91. The third kappa shape index (κ3) is 3.84.